The average molecular weight is 338 g/mol. The lowest BCUT2D eigenvalue weighted by molar-refractivity contribution is -0.155. The van der Waals surface area contributed by atoms with E-state index < -0.39 is 29.3 Å². The second-order valence-electron chi connectivity index (χ2n) is 6.67. The molecule has 2 heterocycles. The lowest BCUT2D eigenvalue weighted by atomic mass is 9.90. The zero-order valence-electron chi connectivity index (χ0n) is 13.0. The fourth-order valence-electron chi connectivity index (χ4n) is 2.17. The number of hydrogen-bond donors (Lipinski definition) is 0. The van der Waals surface area contributed by atoms with Gasteiger partial charge >= 0.3 is 12.3 Å². The second-order valence-corrected chi connectivity index (χ2v) is 6.67. The average Bonchev–Trinajstić information content (AvgIpc) is 2.79. The van der Waals surface area contributed by atoms with Gasteiger partial charge in [-0.2, -0.15) is 13.2 Å². The Bertz CT molecular complexity index is 571. The van der Waals surface area contributed by atoms with E-state index in [1.54, 1.807) is 20.8 Å². The number of nitrogens with zero attached hydrogens (tertiary/aromatic N) is 2. The molecule has 0 radical (unpaired) electrons. The standard InChI is InChI=1S/C14H18F4N2O3/c1-12(2,3)22-11(21)20-7-13(15,8-20)5-4-9-6-10(23-19-9)14(16,17)18/h6H,4-5,7-8H2,1-3H3. The van der Waals surface area contributed by atoms with Gasteiger partial charge in [-0.1, -0.05) is 5.16 Å². The number of ether oxygens (including phenoxy) is 1. The zero-order valence-corrected chi connectivity index (χ0v) is 13.0. The Balaban J connectivity index is 1.82. The molecule has 23 heavy (non-hydrogen) atoms. The Morgan fingerprint density at radius 1 is 1.39 bits per heavy atom. The molecule has 1 aliphatic rings. The van der Waals surface area contributed by atoms with Crippen molar-refractivity contribution in [3.63, 3.8) is 0 Å². The number of rotatable bonds is 3. The number of carbonyl (C=O) groups is 1. The van der Waals surface area contributed by atoms with Crippen molar-refractivity contribution >= 4 is 6.09 Å². The quantitative estimate of drug-likeness (QED) is 0.791. The molecule has 130 valence electrons. The van der Waals surface area contributed by atoms with E-state index in [1.165, 1.54) is 4.90 Å². The predicted octanol–water partition coefficient (Wildman–Crippen LogP) is 3.59. The molecule has 0 spiro atoms. The van der Waals surface area contributed by atoms with Crippen LogP contribution in [0, 0.1) is 0 Å². The molecule has 2 rings (SSSR count). The van der Waals surface area contributed by atoms with Gasteiger partial charge in [-0.05, 0) is 33.6 Å². The van der Waals surface area contributed by atoms with Crippen molar-refractivity contribution in [2.24, 2.45) is 0 Å². The Morgan fingerprint density at radius 2 is 2.00 bits per heavy atom. The molecule has 5 nitrogen and oxygen atoms in total. The molecule has 9 heteroatoms. The first-order valence-electron chi connectivity index (χ1n) is 7.08. The molecule has 1 saturated heterocycles. The maximum Gasteiger partial charge on any atom is 0.452 e. The van der Waals surface area contributed by atoms with Crippen molar-refractivity contribution in [2.75, 3.05) is 13.1 Å². The molecule has 0 unspecified atom stereocenters. The third kappa shape index (κ3) is 4.59. The summed E-state index contributed by atoms with van der Waals surface area (Å²) in [6.07, 6.45) is -5.26. The van der Waals surface area contributed by atoms with Crippen LogP contribution in [0.4, 0.5) is 22.4 Å². The van der Waals surface area contributed by atoms with Crippen molar-refractivity contribution in [2.45, 2.75) is 51.1 Å². The van der Waals surface area contributed by atoms with E-state index in [0.29, 0.717) is 0 Å². The van der Waals surface area contributed by atoms with Crippen LogP contribution in [0.5, 0.6) is 0 Å². The van der Waals surface area contributed by atoms with Crippen LogP contribution in [0.1, 0.15) is 38.6 Å². The minimum absolute atomic E-state index is 0.00175. The number of likely N-dealkylation sites (tertiary alicyclic amines) is 1. The lowest BCUT2D eigenvalue weighted by Crippen LogP contribution is -2.61. The summed E-state index contributed by atoms with van der Waals surface area (Å²) < 4.78 is 60.7. The molecule has 0 aliphatic carbocycles. The normalized spacial score (nSPS) is 17.8. The zero-order chi connectivity index (χ0) is 17.5. The van der Waals surface area contributed by atoms with E-state index in [0.717, 1.165) is 6.07 Å². The highest BCUT2D eigenvalue weighted by atomic mass is 19.4. The summed E-state index contributed by atoms with van der Waals surface area (Å²) in [6.45, 7) is 4.82. The molecule has 1 aromatic heterocycles. The van der Waals surface area contributed by atoms with Crippen LogP contribution < -0.4 is 0 Å². The summed E-state index contributed by atoms with van der Waals surface area (Å²) in [7, 11) is 0. The Morgan fingerprint density at radius 3 is 2.48 bits per heavy atom. The third-order valence-corrected chi connectivity index (χ3v) is 3.27. The first-order valence-corrected chi connectivity index (χ1v) is 7.08. The first-order chi connectivity index (χ1) is 10.4. The Kier molecular flexibility index (Phi) is 4.34. The van der Waals surface area contributed by atoms with Crippen molar-refractivity contribution in [3.8, 4) is 0 Å². The van der Waals surface area contributed by atoms with Crippen molar-refractivity contribution in [1.82, 2.24) is 10.1 Å². The van der Waals surface area contributed by atoms with Crippen LogP contribution in [0.2, 0.25) is 0 Å². The number of halogens is 4. The van der Waals surface area contributed by atoms with Gasteiger partial charge < -0.3 is 14.2 Å². The molecule has 1 fully saturated rings. The van der Waals surface area contributed by atoms with Gasteiger partial charge in [0.15, 0.2) is 0 Å². The van der Waals surface area contributed by atoms with Gasteiger partial charge in [-0.25, -0.2) is 9.18 Å². The van der Waals surface area contributed by atoms with Gasteiger partial charge in [-0.15, -0.1) is 0 Å². The number of amides is 1. The lowest BCUT2D eigenvalue weighted by Gasteiger charge is -2.44. The van der Waals surface area contributed by atoms with Gasteiger partial charge in [0.1, 0.15) is 11.3 Å². The molecule has 0 saturated carbocycles. The summed E-state index contributed by atoms with van der Waals surface area (Å²) in [6, 6.07) is 0.758. The fourth-order valence-corrected chi connectivity index (χ4v) is 2.17. The minimum atomic E-state index is -4.61. The molecule has 0 bridgehead atoms. The highest BCUT2D eigenvalue weighted by Gasteiger charge is 2.47. The van der Waals surface area contributed by atoms with Crippen molar-refractivity contribution < 1.29 is 31.6 Å². The van der Waals surface area contributed by atoms with Crippen LogP contribution in [-0.4, -0.2) is 40.5 Å². The number of hydrogen-bond acceptors (Lipinski definition) is 4. The molecular formula is C14H18F4N2O3. The summed E-state index contributed by atoms with van der Waals surface area (Å²) in [4.78, 5) is 12.9. The maximum absolute atomic E-state index is 14.3. The molecule has 1 aliphatic heterocycles. The number of alkyl halides is 4. The summed E-state index contributed by atoms with van der Waals surface area (Å²) >= 11 is 0. The molecule has 1 amide bonds. The molecular weight excluding hydrogens is 320 g/mol. The smallest absolute Gasteiger partial charge is 0.444 e. The van der Waals surface area contributed by atoms with E-state index in [2.05, 4.69) is 9.68 Å². The van der Waals surface area contributed by atoms with E-state index in [9.17, 15) is 22.4 Å². The number of aryl methyl sites for hydroxylation is 1. The number of aromatic nitrogens is 1. The summed E-state index contributed by atoms with van der Waals surface area (Å²) in [5.74, 6) is -1.20. The van der Waals surface area contributed by atoms with Gasteiger partial charge in [0.2, 0.25) is 5.76 Å². The van der Waals surface area contributed by atoms with Gasteiger partial charge in [0.25, 0.3) is 0 Å². The summed E-state index contributed by atoms with van der Waals surface area (Å²) in [5, 5.41) is 3.28. The van der Waals surface area contributed by atoms with Crippen LogP contribution in [0.25, 0.3) is 0 Å². The monoisotopic (exact) mass is 338 g/mol. The van der Waals surface area contributed by atoms with Crippen LogP contribution in [0.15, 0.2) is 10.6 Å². The molecule has 0 aromatic carbocycles. The summed E-state index contributed by atoms with van der Waals surface area (Å²) in [5.41, 5.74) is -2.28. The van der Waals surface area contributed by atoms with Crippen molar-refractivity contribution in [1.29, 1.82) is 0 Å². The molecule has 0 N–H and O–H groups in total. The maximum atomic E-state index is 14.3. The largest absolute Gasteiger partial charge is 0.452 e. The predicted molar refractivity (Wildman–Crippen MR) is 71.5 cm³/mol. The first kappa shape index (κ1) is 17.6. The second kappa shape index (κ2) is 5.68. The number of carbonyl (C=O) groups excluding carboxylic acids is 1. The van der Waals surface area contributed by atoms with E-state index in [1.807, 2.05) is 0 Å². The van der Waals surface area contributed by atoms with E-state index in [4.69, 9.17) is 4.74 Å². The van der Waals surface area contributed by atoms with E-state index >= 15 is 0 Å². The van der Waals surface area contributed by atoms with Crippen LogP contribution >= 0.6 is 0 Å². The minimum Gasteiger partial charge on any atom is -0.444 e. The highest BCUT2D eigenvalue weighted by Crippen LogP contribution is 2.33. The van der Waals surface area contributed by atoms with Crippen molar-refractivity contribution in [3.05, 3.63) is 17.5 Å². The third-order valence-electron chi connectivity index (χ3n) is 3.27. The fraction of sp³-hybridized carbons (Fsp3) is 0.714. The van der Waals surface area contributed by atoms with Gasteiger partial charge in [0.05, 0.1) is 18.8 Å². The molecule has 0 atom stereocenters. The topological polar surface area (TPSA) is 55.6 Å². The highest BCUT2D eigenvalue weighted by molar-refractivity contribution is 5.69. The van der Waals surface area contributed by atoms with E-state index in [-0.39, 0.29) is 31.6 Å². The Hall–Kier alpha value is -1.80. The van der Waals surface area contributed by atoms with Crippen LogP contribution in [-0.2, 0) is 17.3 Å². The van der Waals surface area contributed by atoms with Gasteiger partial charge in [0, 0.05) is 6.07 Å². The Labute approximate surface area is 130 Å². The molecule has 1 aromatic rings. The van der Waals surface area contributed by atoms with Gasteiger partial charge in [-0.3, -0.25) is 0 Å². The SMILES string of the molecule is CC(C)(C)OC(=O)N1CC(F)(CCc2cc(C(F)(F)F)on2)C1. The van der Waals surface area contributed by atoms with Crippen LogP contribution in [0.3, 0.4) is 0 Å².